The van der Waals surface area contributed by atoms with Gasteiger partial charge in [-0.2, -0.15) is 11.8 Å². The van der Waals surface area contributed by atoms with Gasteiger partial charge >= 0.3 is 12.0 Å². The molecule has 1 aliphatic rings. The molecule has 2 amide bonds. The largest absolute Gasteiger partial charge is 0.479 e. The fraction of sp³-hybridized carbons (Fsp3) is 0.750. The molecule has 0 radical (unpaired) electrons. The van der Waals surface area contributed by atoms with Crippen molar-refractivity contribution in [2.75, 3.05) is 19.4 Å². The van der Waals surface area contributed by atoms with Gasteiger partial charge in [0.2, 0.25) is 0 Å². The van der Waals surface area contributed by atoms with Crippen molar-refractivity contribution in [3.8, 4) is 0 Å². The van der Waals surface area contributed by atoms with Crippen LogP contribution in [0.25, 0.3) is 0 Å². The fourth-order valence-electron chi connectivity index (χ4n) is 1.03. The molecule has 3 N–H and O–H groups in total. The molecular formula is C8H14N2O4S. The number of rotatable bonds is 6. The molecule has 0 saturated heterocycles. The number of carboxylic acids is 1. The molecule has 6 nitrogen and oxygen atoms in total. The van der Waals surface area contributed by atoms with Crippen LogP contribution in [0.1, 0.15) is 12.8 Å². The number of carbonyl (C=O) groups is 2. The molecule has 86 valence electrons. The third-order valence-electron chi connectivity index (χ3n) is 2.17. The van der Waals surface area contributed by atoms with Crippen molar-refractivity contribution in [1.82, 2.24) is 10.8 Å². The number of carboxylic acid groups (broad SMARTS) is 1. The number of hydrogen-bond donors (Lipinski definition) is 3. The summed E-state index contributed by atoms with van der Waals surface area (Å²) < 4.78 is 0.185. The third kappa shape index (κ3) is 4.39. The molecular weight excluding hydrogens is 220 g/mol. The van der Waals surface area contributed by atoms with E-state index in [1.807, 2.05) is 11.7 Å². The number of carbonyl (C=O) groups excluding carboxylic acids is 1. The molecule has 1 fully saturated rings. The van der Waals surface area contributed by atoms with Gasteiger partial charge in [0, 0.05) is 11.3 Å². The van der Waals surface area contributed by atoms with Gasteiger partial charge in [-0.3, -0.25) is 4.84 Å². The van der Waals surface area contributed by atoms with Crippen LogP contribution >= 0.6 is 11.8 Å². The van der Waals surface area contributed by atoms with E-state index >= 15 is 0 Å². The minimum absolute atomic E-state index is 0.185. The predicted molar refractivity (Wildman–Crippen MR) is 55.6 cm³/mol. The van der Waals surface area contributed by atoms with Crippen molar-refractivity contribution in [2.45, 2.75) is 17.6 Å². The minimum Gasteiger partial charge on any atom is -0.479 e. The highest BCUT2D eigenvalue weighted by atomic mass is 32.2. The van der Waals surface area contributed by atoms with E-state index in [-0.39, 0.29) is 4.75 Å². The number of urea groups is 1. The molecule has 1 aliphatic carbocycles. The molecule has 0 aromatic carbocycles. The van der Waals surface area contributed by atoms with Crippen molar-refractivity contribution in [3.63, 3.8) is 0 Å². The van der Waals surface area contributed by atoms with E-state index in [1.165, 1.54) is 0 Å². The summed E-state index contributed by atoms with van der Waals surface area (Å²) in [4.78, 5) is 25.5. The molecule has 7 heteroatoms. The van der Waals surface area contributed by atoms with E-state index in [4.69, 9.17) is 5.11 Å². The summed E-state index contributed by atoms with van der Waals surface area (Å²) in [5, 5.41) is 10.9. The highest BCUT2D eigenvalue weighted by molar-refractivity contribution is 8.00. The molecule has 15 heavy (non-hydrogen) atoms. The van der Waals surface area contributed by atoms with E-state index in [0.717, 1.165) is 12.8 Å². The predicted octanol–water partition coefficient (Wildman–Crippen LogP) is 0.197. The normalized spacial score (nSPS) is 16.9. The molecule has 0 atom stereocenters. The van der Waals surface area contributed by atoms with E-state index in [9.17, 15) is 9.59 Å². The molecule has 1 saturated carbocycles. The van der Waals surface area contributed by atoms with Gasteiger partial charge in [-0.1, -0.05) is 0 Å². The Bertz CT molecular complexity index is 255. The van der Waals surface area contributed by atoms with Gasteiger partial charge < -0.3 is 10.4 Å². The average molecular weight is 234 g/mol. The van der Waals surface area contributed by atoms with Gasteiger partial charge in [0.1, 0.15) is 0 Å². The van der Waals surface area contributed by atoms with Crippen molar-refractivity contribution in [1.29, 1.82) is 0 Å². The van der Waals surface area contributed by atoms with Crippen molar-refractivity contribution in [2.24, 2.45) is 0 Å². The highest BCUT2D eigenvalue weighted by Crippen LogP contribution is 2.46. The van der Waals surface area contributed by atoms with E-state index in [1.54, 1.807) is 11.8 Å². The Morgan fingerprint density at radius 3 is 2.67 bits per heavy atom. The summed E-state index contributed by atoms with van der Waals surface area (Å²) in [5.74, 6) is -1.13. The first-order valence-electron chi connectivity index (χ1n) is 4.50. The van der Waals surface area contributed by atoms with Crippen molar-refractivity contribution < 1.29 is 19.5 Å². The van der Waals surface area contributed by atoms with Gasteiger partial charge in [-0.05, 0) is 19.1 Å². The first-order chi connectivity index (χ1) is 7.08. The summed E-state index contributed by atoms with van der Waals surface area (Å²) in [5.41, 5.74) is 2.00. The third-order valence-corrected chi connectivity index (χ3v) is 3.59. The Morgan fingerprint density at radius 2 is 2.20 bits per heavy atom. The van der Waals surface area contributed by atoms with Crippen molar-refractivity contribution >= 4 is 23.8 Å². The molecule has 0 aromatic heterocycles. The first-order valence-corrected chi connectivity index (χ1v) is 5.73. The number of hydrogen-bond acceptors (Lipinski definition) is 4. The van der Waals surface area contributed by atoms with E-state index < -0.39 is 18.6 Å². The second-order valence-corrected chi connectivity index (χ2v) is 4.63. The summed E-state index contributed by atoms with van der Waals surface area (Å²) in [7, 11) is 0. The average Bonchev–Trinajstić information content (AvgIpc) is 2.95. The van der Waals surface area contributed by atoms with Crippen LogP contribution in [-0.2, 0) is 9.63 Å². The van der Waals surface area contributed by atoms with Gasteiger partial charge in [-0.25, -0.2) is 15.1 Å². The summed E-state index contributed by atoms with van der Waals surface area (Å²) >= 11 is 1.73. The first kappa shape index (κ1) is 12.1. The number of nitrogens with one attached hydrogen (secondary N) is 2. The van der Waals surface area contributed by atoms with E-state index in [0.29, 0.717) is 6.54 Å². The Kier molecular flexibility index (Phi) is 4.22. The van der Waals surface area contributed by atoms with Crippen LogP contribution in [0.15, 0.2) is 0 Å². The molecule has 0 aliphatic heterocycles. The summed E-state index contributed by atoms with van der Waals surface area (Å²) in [6.07, 6.45) is 4.21. The Balaban J connectivity index is 2.06. The SMILES string of the molecule is CSC1(CNC(=O)NOCC(=O)O)CC1. The lowest BCUT2D eigenvalue weighted by Crippen LogP contribution is -2.40. The molecule has 0 unspecified atom stereocenters. The van der Waals surface area contributed by atoms with Crippen LogP contribution < -0.4 is 10.8 Å². The maximum atomic E-state index is 11.1. The summed E-state index contributed by atoms with van der Waals surface area (Å²) in [6.45, 7) is 0.0392. The zero-order valence-corrected chi connectivity index (χ0v) is 9.23. The van der Waals surface area contributed by atoms with Gasteiger partial charge in [0.15, 0.2) is 6.61 Å². The van der Waals surface area contributed by atoms with Crippen LogP contribution in [0.5, 0.6) is 0 Å². The maximum Gasteiger partial charge on any atom is 0.338 e. The zero-order chi connectivity index (χ0) is 11.3. The lowest BCUT2D eigenvalue weighted by Gasteiger charge is -2.13. The fourth-order valence-corrected chi connectivity index (χ4v) is 1.76. The molecule has 0 spiro atoms. The highest BCUT2D eigenvalue weighted by Gasteiger charge is 2.41. The number of aliphatic carboxylic acids is 1. The van der Waals surface area contributed by atoms with Crippen LogP contribution in [-0.4, -0.2) is 41.3 Å². The Labute approximate surface area is 91.7 Å². The smallest absolute Gasteiger partial charge is 0.338 e. The standard InChI is InChI=1S/C8H14N2O4S/c1-15-8(2-3-8)5-9-7(13)10-14-4-6(11)12/h2-5H2,1H3,(H,11,12)(H2,9,10,13). The topological polar surface area (TPSA) is 87.7 Å². The molecule has 1 rings (SSSR count). The Morgan fingerprint density at radius 1 is 1.53 bits per heavy atom. The van der Waals surface area contributed by atoms with Gasteiger partial charge in [0.25, 0.3) is 0 Å². The monoisotopic (exact) mass is 234 g/mol. The van der Waals surface area contributed by atoms with Gasteiger partial charge in [-0.15, -0.1) is 0 Å². The van der Waals surface area contributed by atoms with Crippen LogP contribution in [0.2, 0.25) is 0 Å². The lowest BCUT2D eigenvalue weighted by molar-refractivity contribution is -0.144. The maximum absolute atomic E-state index is 11.1. The van der Waals surface area contributed by atoms with Crippen LogP contribution in [0.4, 0.5) is 4.79 Å². The zero-order valence-electron chi connectivity index (χ0n) is 8.41. The number of amides is 2. The number of thioether (sulfide) groups is 1. The van der Waals surface area contributed by atoms with Crippen LogP contribution in [0, 0.1) is 0 Å². The molecule has 0 heterocycles. The summed E-state index contributed by atoms with van der Waals surface area (Å²) in [6, 6.07) is -0.503. The van der Waals surface area contributed by atoms with Gasteiger partial charge in [0.05, 0.1) is 0 Å². The molecule has 0 bridgehead atoms. The van der Waals surface area contributed by atoms with Crippen LogP contribution in [0.3, 0.4) is 0 Å². The second-order valence-electron chi connectivity index (χ2n) is 3.35. The second kappa shape index (κ2) is 5.22. The van der Waals surface area contributed by atoms with E-state index in [2.05, 4.69) is 10.2 Å². The quantitative estimate of drug-likeness (QED) is 0.571. The lowest BCUT2D eigenvalue weighted by atomic mass is 10.4. The van der Waals surface area contributed by atoms with Crippen molar-refractivity contribution in [3.05, 3.63) is 0 Å². The minimum atomic E-state index is -1.13. The number of hydroxylamine groups is 1. The molecule has 0 aromatic rings. The Hall–Kier alpha value is -0.950.